The molecular weight excluding hydrogens is 154 g/mol. The van der Waals surface area contributed by atoms with E-state index in [-0.39, 0.29) is 0 Å². The van der Waals surface area contributed by atoms with Gasteiger partial charge in [0, 0.05) is 0 Å². The molecule has 1 aromatic carbocycles. The van der Waals surface area contributed by atoms with Crippen molar-refractivity contribution >= 4 is 5.69 Å². The van der Waals surface area contributed by atoms with Crippen LogP contribution in [-0.2, 0) is 0 Å². The third kappa shape index (κ3) is 0.978. The van der Waals surface area contributed by atoms with Crippen LogP contribution >= 0.6 is 0 Å². The predicted octanol–water partition coefficient (Wildman–Crippen LogP) is 1.35. The Morgan fingerprint density at radius 1 is 1.17 bits per heavy atom. The number of benzene rings is 1. The maximum Gasteiger partial charge on any atom is 0.184 e. The molecule has 0 bridgehead atoms. The minimum atomic E-state index is 0.584. The number of hydrogen-bond donors (Lipinski definition) is 1. The largest absolute Gasteiger partial charge is 0.486 e. The minimum Gasteiger partial charge on any atom is -0.486 e. The highest BCUT2D eigenvalue weighted by atomic mass is 16.6. The van der Waals surface area contributed by atoms with Crippen LogP contribution in [0.4, 0.5) is 5.69 Å². The molecule has 1 heterocycles. The summed E-state index contributed by atoms with van der Waals surface area (Å²) in [7, 11) is 0. The first-order valence-corrected chi connectivity index (χ1v) is 3.93. The van der Waals surface area contributed by atoms with Crippen molar-refractivity contribution in [2.75, 3.05) is 18.9 Å². The summed E-state index contributed by atoms with van der Waals surface area (Å²) in [4.78, 5) is 0. The van der Waals surface area contributed by atoms with E-state index >= 15 is 0 Å². The Morgan fingerprint density at radius 2 is 1.83 bits per heavy atom. The second-order valence-corrected chi connectivity index (χ2v) is 2.83. The van der Waals surface area contributed by atoms with Crippen molar-refractivity contribution in [1.29, 1.82) is 0 Å². The van der Waals surface area contributed by atoms with E-state index in [1.54, 1.807) is 0 Å². The summed E-state index contributed by atoms with van der Waals surface area (Å²) in [6.07, 6.45) is 0. The summed E-state index contributed by atoms with van der Waals surface area (Å²) in [6, 6.07) is 3.77. The molecule has 0 radical (unpaired) electrons. The molecule has 3 heteroatoms. The smallest absolute Gasteiger partial charge is 0.184 e. The zero-order valence-corrected chi connectivity index (χ0v) is 6.96. The zero-order chi connectivity index (χ0) is 8.55. The molecule has 0 saturated carbocycles. The fourth-order valence-electron chi connectivity index (χ4n) is 1.29. The van der Waals surface area contributed by atoms with Gasteiger partial charge < -0.3 is 15.2 Å². The van der Waals surface area contributed by atoms with Gasteiger partial charge in [-0.1, -0.05) is 6.07 Å². The third-order valence-corrected chi connectivity index (χ3v) is 1.92. The molecule has 0 spiro atoms. The zero-order valence-electron chi connectivity index (χ0n) is 6.96. The highest BCUT2D eigenvalue weighted by Crippen LogP contribution is 2.38. The average molecular weight is 165 g/mol. The predicted molar refractivity (Wildman–Crippen MR) is 46.6 cm³/mol. The molecule has 3 nitrogen and oxygen atoms in total. The molecule has 1 aliphatic rings. The average Bonchev–Trinajstić information content (AvgIpc) is 2.12. The maximum atomic E-state index is 5.71. The highest BCUT2D eigenvalue weighted by Gasteiger charge is 2.16. The quantitative estimate of drug-likeness (QED) is 0.590. The normalized spacial score (nSPS) is 14.4. The van der Waals surface area contributed by atoms with Crippen LogP contribution in [0, 0.1) is 6.92 Å². The number of nitrogen functional groups attached to an aromatic ring is 1. The van der Waals surface area contributed by atoms with Crippen LogP contribution in [0.5, 0.6) is 11.5 Å². The van der Waals surface area contributed by atoms with Crippen LogP contribution in [0.1, 0.15) is 5.56 Å². The van der Waals surface area contributed by atoms with Crippen molar-refractivity contribution in [3.63, 3.8) is 0 Å². The fraction of sp³-hybridized carbons (Fsp3) is 0.333. The Hall–Kier alpha value is -1.38. The van der Waals surface area contributed by atoms with Crippen molar-refractivity contribution in [2.24, 2.45) is 0 Å². The maximum absolute atomic E-state index is 5.71. The van der Waals surface area contributed by atoms with Gasteiger partial charge in [-0.3, -0.25) is 0 Å². The number of hydrogen-bond acceptors (Lipinski definition) is 3. The molecule has 0 aromatic heterocycles. The summed E-state index contributed by atoms with van der Waals surface area (Å²) in [5, 5.41) is 0. The molecular formula is C9H11NO2. The van der Waals surface area contributed by atoms with E-state index in [0.29, 0.717) is 24.7 Å². The first kappa shape index (κ1) is 7.28. The summed E-state index contributed by atoms with van der Waals surface area (Å²) in [5.41, 5.74) is 7.42. The molecule has 12 heavy (non-hydrogen) atoms. The molecule has 0 atom stereocenters. The number of aryl methyl sites for hydroxylation is 1. The molecule has 0 unspecified atom stereocenters. The summed E-state index contributed by atoms with van der Waals surface area (Å²) in [6.45, 7) is 3.17. The van der Waals surface area contributed by atoms with E-state index in [0.717, 1.165) is 11.3 Å². The van der Waals surface area contributed by atoms with E-state index in [9.17, 15) is 0 Å². The van der Waals surface area contributed by atoms with Crippen molar-refractivity contribution in [2.45, 2.75) is 6.92 Å². The van der Waals surface area contributed by atoms with Gasteiger partial charge in [-0.2, -0.15) is 0 Å². The van der Waals surface area contributed by atoms with E-state index in [2.05, 4.69) is 0 Å². The number of fused-ring (bicyclic) bond motifs is 1. The number of anilines is 1. The molecule has 1 aliphatic heterocycles. The molecule has 1 aromatic rings. The van der Waals surface area contributed by atoms with E-state index in [1.807, 2.05) is 19.1 Å². The van der Waals surface area contributed by atoms with Crippen molar-refractivity contribution < 1.29 is 9.47 Å². The van der Waals surface area contributed by atoms with Crippen LogP contribution in [0.2, 0.25) is 0 Å². The van der Waals surface area contributed by atoms with E-state index < -0.39 is 0 Å². The van der Waals surface area contributed by atoms with Crippen molar-refractivity contribution in [3.8, 4) is 11.5 Å². The minimum absolute atomic E-state index is 0.584. The van der Waals surface area contributed by atoms with E-state index in [1.165, 1.54) is 0 Å². The second kappa shape index (κ2) is 2.59. The SMILES string of the molecule is Cc1ccc(N)c2c1OCCO2. The van der Waals surface area contributed by atoms with Crippen LogP contribution < -0.4 is 15.2 Å². The van der Waals surface area contributed by atoms with Gasteiger partial charge in [-0.05, 0) is 18.6 Å². The summed E-state index contributed by atoms with van der Waals surface area (Å²) in [5.74, 6) is 1.49. The van der Waals surface area contributed by atoms with Crippen LogP contribution in [0.25, 0.3) is 0 Å². The summed E-state index contributed by atoms with van der Waals surface area (Å²) >= 11 is 0. The molecule has 0 amide bonds. The van der Waals surface area contributed by atoms with Gasteiger partial charge in [-0.25, -0.2) is 0 Å². The topological polar surface area (TPSA) is 44.5 Å². The van der Waals surface area contributed by atoms with Gasteiger partial charge in [0.25, 0.3) is 0 Å². The highest BCUT2D eigenvalue weighted by molar-refractivity contribution is 5.63. The summed E-state index contributed by atoms with van der Waals surface area (Å²) < 4.78 is 10.8. The fourth-order valence-corrected chi connectivity index (χ4v) is 1.29. The van der Waals surface area contributed by atoms with Gasteiger partial charge in [0.15, 0.2) is 11.5 Å². The standard InChI is InChI=1S/C9H11NO2/c1-6-2-3-7(10)9-8(6)11-4-5-12-9/h2-3H,4-5,10H2,1H3. The van der Waals surface area contributed by atoms with Crippen molar-refractivity contribution in [3.05, 3.63) is 17.7 Å². The Kier molecular flexibility index (Phi) is 1.57. The molecule has 64 valence electrons. The van der Waals surface area contributed by atoms with Gasteiger partial charge >= 0.3 is 0 Å². The Bertz CT molecular complexity index is 279. The lowest BCUT2D eigenvalue weighted by Gasteiger charge is -2.21. The van der Waals surface area contributed by atoms with Gasteiger partial charge in [0.2, 0.25) is 0 Å². The van der Waals surface area contributed by atoms with Gasteiger partial charge in [0.1, 0.15) is 13.2 Å². The molecule has 2 rings (SSSR count). The molecule has 0 saturated heterocycles. The Balaban J connectivity index is 2.57. The third-order valence-electron chi connectivity index (χ3n) is 1.92. The van der Waals surface area contributed by atoms with Gasteiger partial charge in [0.05, 0.1) is 5.69 Å². The van der Waals surface area contributed by atoms with Crippen LogP contribution in [-0.4, -0.2) is 13.2 Å². The first-order valence-electron chi connectivity index (χ1n) is 3.93. The van der Waals surface area contributed by atoms with Crippen LogP contribution in [0.15, 0.2) is 12.1 Å². The Labute approximate surface area is 71.1 Å². The Morgan fingerprint density at radius 3 is 2.50 bits per heavy atom. The first-order chi connectivity index (χ1) is 5.79. The second-order valence-electron chi connectivity index (χ2n) is 2.83. The monoisotopic (exact) mass is 165 g/mol. The number of ether oxygens (including phenoxy) is 2. The lowest BCUT2D eigenvalue weighted by Crippen LogP contribution is -2.17. The number of rotatable bonds is 0. The lowest BCUT2D eigenvalue weighted by atomic mass is 10.2. The van der Waals surface area contributed by atoms with Crippen molar-refractivity contribution in [1.82, 2.24) is 0 Å². The molecule has 0 aliphatic carbocycles. The van der Waals surface area contributed by atoms with E-state index in [4.69, 9.17) is 15.2 Å². The molecule has 2 N–H and O–H groups in total. The van der Waals surface area contributed by atoms with Gasteiger partial charge in [-0.15, -0.1) is 0 Å². The molecule has 0 fully saturated rings. The van der Waals surface area contributed by atoms with Crippen LogP contribution in [0.3, 0.4) is 0 Å². The lowest BCUT2D eigenvalue weighted by molar-refractivity contribution is 0.171. The number of nitrogens with two attached hydrogens (primary N) is 1.